The smallest absolute Gasteiger partial charge is 0.0600 e. The first-order chi connectivity index (χ1) is 9.10. The number of rotatable bonds is 4. The van der Waals surface area contributed by atoms with Gasteiger partial charge in [-0.2, -0.15) is 0 Å². The molecule has 2 heterocycles. The van der Waals surface area contributed by atoms with E-state index in [4.69, 9.17) is 11.6 Å². The van der Waals surface area contributed by atoms with Crippen LogP contribution in [-0.2, 0) is 12.4 Å². The van der Waals surface area contributed by atoms with E-state index in [1.807, 2.05) is 38.2 Å². The Morgan fingerprint density at radius 1 is 1.21 bits per heavy atom. The molecule has 0 aromatic carbocycles. The van der Waals surface area contributed by atoms with Crippen molar-refractivity contribution in [1.29, 1.82) is 0 Å². The van der Waals surface area contributed by atoms with Gasteiger partial charge in [0.2, 0.25) is 0 Å². The minimum Gasteiger partial charge on any atom is -0.368 e. The maximum atomic E-state index is 5.97. The molecular weight excluding hydrogens is 258 g/mol. The van der Waals surface area contributed by atoms with Gasteiger partial charge >= 0.3 is 0 Å². The summed E-state index contributed by atoms with van der Waals surface area (Å²) in [5.41, 5.74) is 5.24. The second-order valence-corrected chi connectivity index (χ2v) is 4.98. The molecule has 0 spiro atoms. The lowest BCUT2D eigenvalue weighted by molar-refractivity contribution is 0.868. The van der Waals surface area contributed by atoms with Crippen molar-refractivity contribution in [3.05, 3.63) is 53.1 Å². The lowest BCUT2D eigenvalue weighted by Gasteiger charge is -2.22. The van der Waals surface area contributed by atoms with E-state index in [0.717, 1.165) is 34.9 Å². The third-order valence-corrected chi connectivity index (χ3v) is 3.29. The zero-order valence-corrected chi connectivity index (χ0v) is 12.3. The second kappa shape index (κ2) is 6.02. The summed E-state index contributed by atoms with van der Waals surface area (Å²) in [5, 5.41) is 0. The maximum Gasteiger partial charge on any atom is 0.0600 e. The number of hydrogen-bond donors (Lipinski definition) is 0. The van der Waals surface area contributed by atoms with Crippen LogP contribution in [-0.4, -0.2) is 17.0 Å². The molecule has 100 valence electrons. The molecule has 0 bridgehead atoms. The maximum absolute atomic E-state index is 5.97. The molecule has 2 rings (SSSR count). The first kappa shape index (κ1) is 13.8. The predicted octanol–water partition coefficient (Wildman–Crippen LogP) is 3.47. The van der Waals surface area contributed by atoms with E-state index in [-0.39, 0.29) is 0 Å². The molecule has 0 aliphatic heterocycles. The largest absolute Gasteiger partial charge is 0.368 e. The zero-order chi connectivity index (χ0) is 13.8. The average Bonchev–Trinajstić information content (AvgIpc) is 2.38. The minimum atomic E-state index is 0.466. The highest BCUT2D eigenvalue weighted by Crippen LogP contribution is 2.22. The number of pyridine rings is 2. The van der Waals surface area contributed by atoms with Gasteiger partial charge in [-0.15, -0.1) is 11.6 Å². The van der Waals surface area contributed by atoms with E-state index in [2.05, 4.69) is 28.0 Å². The summed E-state index contributed by atoms with van der Waals surface area (Å²) in [4.78, 5) is 11.0. The molecule has 0 amide bonds. The molecule has 0 saturated carbocycles. The van der Waals surface area contributed by atoms with Gasteiger partial charge in [0.05, 0.1) is 18.1 Å². The van der Waals surface area contributed by atoms with E-state index in [1.54, 1.807) is 0 Å². The van der Waals surface area contributed by atoms with Crippen LogP contribution in [0.2, 0.25) is 0 Å². The van der Waals surface area contributed by atoms with E-state index >= 15 is 0 Å². The fourth-order valence-corrected chi connectivity index (χ4v) is 2.25. The molecule has 4 heteroatoms. The van der Waals surface area contributed by atoms with Gasteiger partial charge in [-0.25, -0.2) is 0 Å². The Bertz CT molecular complexity index is 569. The first-order valence-electron chi connectivity index (χ1n) is 6.25. The standard InChI is InChI=1S/C15H18ClN3/c1-11-5-4-6-14(18-11)10-19(3)15-7-12(2)17-9-13(15)8-16/h4-7,9H,8,10H2,1-3H3. The fraction of sp³-hybridized carbons (Fsp3) is 0.333. The normalized spacial score (nSPS) is 10.5. The topological polar surface area (TPSA) is 29.0 Å². The van der Waals surface area contributed by atoms with Crippen molar-refractivity contribution in [2.24, 2.45) is 0 Å². The second-order valence-electron chi connectivity index (χ2n) is 4.71. The van der Waals surface area contributed by atoms with Crippen molar-refractivity contribution in [3.8, 4) is 0 Å². The highest BCUT2D eigenvalue weighted by atomic mass is 35.5. The van der Waals surface area contributed by atoms with Crippen LogP contribution in [0.15, 0.2) is 30.5 Å². The highest BCUT2D eigenvalue weighted by molar-refractivity contribution is 6.17. The predicted molar refractivity (Wildman–Crippen MR) is 79.6 cm³/mol. The van der Waals surface area contributed by atoms with E-state index in [1.165, 1.54) is 0 Å². The lowest BCUT2D eigenvalue weighted by Crippen LogP contribution is -2.19. The van der Waals surface area contributed by atoms with Crippen LogP contribution in [0, 0.1) is 13.8 Å². The van der Waals surface area contributed by atoms with E-state index < -0.39 is 0 Å². The van der Waals surface area contributed by atoms with Gasteiger partial charge in [0, 0.05) is 35.9 Å². The molecule has 0 N–H and O–H groups in total. The Morgan fingerprint density at radius 2 is 2.00 bits per heavy atom. The van der Waals surface area contributed by atoms with Crippen LogP contribution in [0.5, 0.6) is 0 Å². The summed E-state index contributed by atoms with van der Waals surface area (Å²) in [6, 6.07) is 8.14. The number of aryl methyl sites for hydroxylation is 2. The Hall–Kier alpha value is -1.61. The van der Waals surface area contributed by atoms with E-state index in [0.29, 0.717) is 5.88 Å². The summed E-state index contributed by atoms with van der Waals surface area (Å²) in [6.45, 7) is 4.75. The average molecular weight is 276 g/mol. The third-order valence-electron chi connectivity index (χ3n) is 3.00. The monoisotopic (exact) mass is 275 g/mol. The van der Waals surface area contributed by atoms with Crippen molar-refractivity contribution < 1.29 is 0 Å². The molecule has 0 fully saturated rings. The summed E-state index contributed by atoms with van der Waals surface area (Å²) in [7, 11) is 2.05. The fourth-order valence-electron chi connectivity index (χ4n) is 2.05. The summed E-state index contributed by atoms with van der Waals surface area (Å²) >= 11 is 5.97. The Labute approximate surface area is 119 Å². The molecule has 0 unspecified atom stereocenters. The van der Waals surface area contributed by atoms with Crippen molar-refractivity contribution in [2.75, 3.05) is 11.9 Å². The van der Waals surface area contributed by atoms with Gasteiger partial charge in [-0.1, -0.05) is 6.07 Å². The van der Waals surface area contributed by atoms with Crippen LogP contribution < -0.4 is 4.90 Å². The van der Waals surface area contributed by atoms with Crippen LogP contribution in [0.4, 0.5) is 5.69 Å². The Balaban J connectivity index is 2.24. The van der Waals surface area contributed by atoms with E-state index in [9.17, 15) is 0 Å². The van der Waals surface area contributed by atoms with Crippen LogP contribution in [0.3, 0.4) is 0 Å². The minimum absolute atomic E-state index is 0.466. The number of anilines is 1. The zero-order valence-electron chi connectivity index (χ0n) is 11.5. The molecule has 19 heavy (non-hydrogen) atoms. The Morgan fingerprint density at radius 3 is 2.68 bits per heavy atom. The van der Waals surface area contributed by atoms with Gasteiger partial charge in [-0.3, -0.25) is 9.97 Å². The van der Waals surface area contributed by atoms with Gasteiger partial charge in [0.1, 0.15) is 0 Å². The lowest BCUT2D eigenvalue weighted by atomic mass is 10.2. The molecule has 0 atom stereocenters. The summed E-state index contributed by atoms with van der Waals surface area (Å²) in [6.07, 6.45) is 1.85. The number of halogens is 1. The van der Waals surface area contributed by atoms with Crippen molar-refractivity contribution in [3.63, 3.8) is 0 Å². The molecular formula is C15H18ClN3. The van der Waals surface area contributed by atoms with Crippen molar-refractivity contribution in [1.82, 2.24) is 9.97 Å². The van der Waals surface area contributed by atoms with Crippen molar-refractivity contribution >= 4 is 17.3 Å². The van der Waals surface area contributed by atoms with Crippen LogP contribution in [0.1, 0.15) is 22.6 Å². The molecule has 0 radical (unpaired) electrons. The quantitative estimate of drug-likeness (QED) is 0.800. The van der Waals surface area contributed by atoms with Crippen molar-refractivity contribution in [2.45, 2.75) is 26.3 Å². The first-order valence-corrected chi connectivity index (χ1v) is 6.79. The molecule has 0 aliphatic carbocycles. The number of aromatic nitrogens is 2. The number of hydrogen-bond acceptors (Lipinski definition) is 3. The van der Waals surface area contributed by atoms with Gasteiger partial charge in [-0.05, 0) is 32.0 Å². The molecule has 0 aliphatic rings. The molecule has 2 aromatic rings. The molecule has 3 nitrogen and oxygen atoms in total. The number of alkyl halides is 1. The summed E-state index contributed by atoms with van der Waals surface area (Å²) in [5.74, 6) is 0.466. The van der Waals surface area contributed by atoms with Crippen LogP contribution >= 0.6 is 11.6 Å². The third kappa shape index (κ3) is 3.44. The van der Waals surface area contributed by atoms with Gasteiger partial charge in [0.25, 0.3) is 0 Å². The molecule has 0 saturated heterocycles. The Kier molecular flexibility index (Phi) is 4.38. The summed E-state index contributed by atoms with van der Waals surface area (Å²) < 4.78 is 0. The SMILES string of the molecule is Cc1cc(N(C)Cc2cccc(C)n2)c(CCl)cn1. The highest BCUT2D eigenvalue weighted by Gasteiger charge is 2.09. The number of nitrogens with zero attached hydrogens (tertiary/aromatic N) is 3. The van der Waals surface area contributed by atoms with Crippen LogP contribution in [0.25, 0.3) is 0 Å². The molecule has 2 aromatic heterocycles. The van der Waals surface area contributed by atoms with Gasteiger partial charge < -0.3 is 4.90 Å². The van der Waals surface area contributed by atoms with Gasteiger partial charge in [0.15, 0.2) is 0 Å².